The number of anilines is 1. The average molecular weight is 331 g/mol. The topological polar surface area (TPSA) is 46.5 Å². The first-order valence-corrected chi connectivity index (χ1v) is 8.50. The first-order valence-electron chi connectivity index (χ1n) is 8.50. The molecule has 2 aliphatic rings. The molecule has 2 aromatic rings. The predicted molar refractivity (Wildman–Crippen MR) is 92.7 cm³/mol. The fourth-order valence-corrected chi connectivity index (χ4v) is 3.64. The summed E-state index contributed by atoms with van der Waals surface area (Å²) in [6.07, 6.45) is 3.98. The third-order valence-electron chi connectivity index (χ3n) is 4.92. The molecule has 1 saturated heterocycles. The van der Waals surface area contributed by atoms with Gasteiger partial charge in [0.15, 0.2) is 17.0 Å². The second-order valence-electron chi connectivity index (χ2n) is 6.76. The lowest BCUT2D eigenvalue weighted by Gasteiger charge is -2.35. The smallest absolute Gasteiger partial charge is 0.189 e. The van der Waals surface area contributed by atoms with Crippen molar-refractivity contribution in [1.82, 2.24) is 9.88 Å². The summed E-state index contributed by atoms with van der Waals surface area (Å²) in [7, 11) is 1.55. The number of rotatable bonds is 3. The van der Waals surface area contributed by atoms with Crippen LogP contribution >= 0.6 is 0 Å². The summed E-state index contributed by atoms with van der Waals surface area (Å²) in [5.41, 5.74) is 1.02. The molecule has 1 aliphatic carbocycles. The maximum atomic E-state index is 14.9. The first-order chi connectivity index (χ1) is 11.6. The lowest BCUT2D eigenvalue weighted by atomic mass is 10.1. The van der Waals surface area contributed by atoms with Gasteiger partial charge in [0.2, 0.25) is 0 Å². The van der Waals surface area contributed by atoms with E-state index in [9.17, 15) is 9.18 Å². The van der Waals surface area contributed by atoms with Crippen molar-refractivity contribution < 1.29 is 9.13 Å². The number of ether oxygens (including phenoxy) is 1. The average Bonchev–Trinajstić information content (AvgIpc) is 3.39. The molecule has 1 aliphatic heterocycles. The molecule has 24 heavy (non-hydrogen) atoms. The number of halogens is 1. The van der Waals surface area contributed by atoms with E-state index >= 15 is 0 Å². The minimum Gasteiger partial charge on any atom is -0.492 e. The minimum absolute atomic E-state index is 0.167. The molecule has 5 nitrogen and oxygen atoms in total. The van der Waals surface area contributed by atoms with Crippen LogP contribution in [0, 0.1) is 5.82 Å². The Morgan fingerprint density at radius 3 is 2.83 bits per heavy atom. The quantitative estimate of drug-likeness (QED) is 0.937. The molecule has 2 fully saturated rings. The van der Waals surface area contributed by atoms with Gasteiger partial charge < -0.3 is 19.5 Å². The third kappa shape index (κ3) is 2.45. The summed E-state index contributed by atoms with van der Waals surface area (Å²) in [6, 6.07) is 3.55. The maximum Gasteiger partial charge on any atom is 0.189 e. The minimum atomic E-state index is -0.390. The molecule has 1 N–H and O–H groups in total. The Bertz CT molecular complexity index is 844. The highest BCUT2D eigenvalue weighted by Gasteiger charge is 2.30. The van der Waals surface area contributed by atoms with Crippen molar-refractivity contribution in [2.45, 2.75) is 31.8 Å². The largest absolute Gasteiger partial charge is 0.492 e. The van der Waals surface area contributed by atoms with E-state index < -0.39 is 0 Å². The molecule has 128 valence electrons. The van der Waals surface area contributed by atoms with E-state index in [1.165, 1.54) is 12.1 Å². The zero-order chi connectivity index (χ0) is 16.8. The molecule has 0 bridgehead atoms. The number of fused-ring (bicyclic) bond motifs is 1. The first kappa shape index (κ1) is 15.4. The van der Waals surface area contributed by atoms with Crippen LogP contribution in [0.15, 0.2) is 23.1 Å². The summed E-state index contributed by atoms with van der Waals surface area (Å²) < 4.78 is 22.6. The van der Waals surface area contributed by atoms with Crippen molar-refractivity contribution in [1.29, 1.82) is 0 Å². The van der Waals surface area contributed by atoms with Gasteiger partial charge in [0.25, 0.3) is 0 Å². The Balaban J connectivity index is 1.98. The normalized spacial score (nSPS) is 21.3. The second kappa shape index (κ2) is 5.77. The van der Waals surface area contributed by atoms with E-state index in [2.05, 4.69) is 16.8 Å². The molecule has 1 aromatic carbocycles. The van der Waals surface area contributed by atoms with Gasteiger partial charge in [-0.05, 0) is 25.8 Å². The lowest BCUT2D eigenvalue weighted by molar-refractivity contribution is 0.407. The number of aromatic nitrogens is 1. The van der Waals surface area contributed by atoms with Gasteiger partial charge in [-0.15, -0.1) is 0 Å². The van der Waals surface area contributed by atoms with E-state index in [1.807, 2.05) is 11.1 Å². The van der Waals surface area contributed by atoms with Crippen molar-refractivity contribution in [2.75, 3.05) is 31.6 Å². The monoisotopic (exact) mass is 331 g/mol. The second-order valence-corrected chi connectivity index (χ2v) is 6.76. The van der Waals surface area contributed by atoms with Crippen LogP contribution in [-0.2, 0) is 0 Å². The van der Waals surface area contributed by atoms with Gasteiger partial charge in [-0.1, -0.05) is 0 Å². The number of nitrogens with zero attached hydrogens (tertiary/aromatic N) is 2. The standard InChI is InChI=1S/C18H22FN3O2/c1-11-10-21(8-6-20-11)17-14(19)9-13-15(23)5-7-22(12-3-4-12)16(13)18(17)24-2/h5,7,9,11-12,20H,3-4,6,8,10H2,1-2H3/t11-/m0/s1. The Labute approximate surface area is 140 Å². The van der Waals surface area contributed by atoms with Crippen molar-refractivity contribution in [2.24, 2.45) is 0 Å². The molecule has 1 atom stereocenters. The molecule has 1 saturated carbocycles. The van der Waals surface area contributed by atoms with E-state index in [1.54, 1.807) is 7.11 Å². The van der Waals surface area contributed by atoms with Crippen molar-refractivity contribution in [3.63, 3.8) is 0 Å². The highest BCUT2D eigenvalue weighted by Crippen LogP contribution is 2.43. The van der Waals surface area contributed by atoms with E-state index in [0.29, 0.717) is 36.0 Å². The molecule has 0 spiro atoms. The van der Waals surface area contributed by atoms with Crippen LogP contribution in [0.2, 0.25) is 0 Å². The SMILES string of the molecule is COc1c(N2CCN[C@@H](C)C2)c(F)cc2c(=O)ccn(C3CC3)c12. The van der Waals surface area contributed by atoms with Crippen LogP contribution in [-0.4, -0.2) is 37.4 Å². The van der Waals surface area contributed by atoms with Gasteiger partial charge in [0.05, 0.1) is 18.0 Å². The van der Waals surface area contributed by atoms with Crippen molar-refractivity contribution >= 4 is 16.6 Å². The highest BCUT2D eigenvalue weighted by atomic mass is 19.1. The zero-order valence-electron chi connectivity index (χ0n) is 14.0. The predicted octanol–water partition coefficient (Wildman–Crippen LogP) is 2.28. The van der Waals surface area contributed by atoms with Crippen LogP contribution in [0.1, 0.15) is 25.8 Å². The Morgan fingerprint density at radius 2 is 2.17 bits per heavy atom. The van der Waals surface area contributed by atoms with Gasteiger partial charge in [0.1, 0.15) is 5.69 Å². The third-order valence-corrected chi connectivity index (χ3v) is 4.92. The molecule has 6 heteroatoms. The summed E-state index contributed by atoms with van der Waals surface area (Å²) in [5, 5.41) is 3.76. The van der Waals surface area contributed by atoms with Gasteiger partial charge in [-0.2, -0.15) is 0 Å². The molecule has 4 rings (SSSR count). The molecular weight excluding hydrogens is 309 g/mol. The van der Waals surface area contributed by atoms with E-state index in [-0.39, 0.29) is 17.3 Å². The van der Waals surface area contributed by atoms with E-state index in [4.69, 9.17) is 4.74 Å². The Morgan fingerprint density at radius 1 is 1.38 bits per heavy atom. The number of hydrogen-bond donors (Lipinski definition) is 1. The number of nitrogens with one attached hydrogen (secondary N) is 1. The van der Waals surface area contributed by atoms with Crippen molar-refractivity contribution in [3.8, 4) is 5.75 Å². The molecule has 1 aromatic heterocycles. The van der Waals surface area contributed by atoms with Crippen molar-refractivity contribution in [3.05, 3.63) is 34.4 Å². The lowest BCUT2D eigenvalue weighted by Crippen LogP contribution is -2.49. The number of hydrogen-bond acceptors (Lipinski definition) is 4. The Hall–Kier alpha value is -2.08. The number of methoxy groups -OCH3 is 1. The van der Waals surface area contributed by atoms with Crippen LogP contribution < -0.4 is 20.4 Å². The summed E-state index contributed by atoms with van der Waals surface area (Å²) >= 11 is 0. The van der Waals surface area contributed by atoms with Gasteiger partial charge in [-0.25, -0.2) is 4.39 Å². The molecule has 2 heterocycles. The fourth-order valence-electron chi connectivity index (χ4n) is 3.64. The fraction of sp³-hybridized carbons (Fsp3) is 0.500. The molecule has 0 radical (unpaired) electrons. The van der Waals surface area contributed by atoms with E-state index in [0.717, 1.165) is 24.9 Å². The number of benzene rings is 1. The number of pyridine rings is 1. The number of piperazine rings is 1. The molecular formula is C18H22FN3O2. The van der Waals surface area contributed by atoms with Gasteiger partial charge in [0, 0.05) is 44.0 Å². The molecule has 0 amide bonds. The van der Waals surface area contributed by atoms with Crippen LogP contribution in [0.25, 0.3) is 10.9 Å². The maximum absolute atomic E-state index is 14.9. The van der Waals surface area contributed by atoms with Gasteiger partial charge in [-0.3, -0.25) is 4.79 Å². The molecule has 0 unspecified atom stereocenters. The summed E-state index contributed by atoms with van der Waals surface area (Å²) in [4.78, 5) is 14.3. The van der Waals surface area contributed by atoms with Gasteiger partial charge >= 0.3 is 0 Å². The Kier molecular flexibility index (Phi) is 3.72. The van der Waals surface area contributed by atoms with Crippen LogP contribution in [0.4, 0.5) is 10.1 Å². The summed E-state index contributed by atoms with van der Waals surface area (Å²) in [5.74, 6) is 0.0859. The zero-order valence-corrected chi connectivity index (χ0v) is 14.0. The highest BCUT2D eigenvalue weighted by molar-refractivity contribution is 5.91. The van der Waals surface area contributed by atoms with Crippen LogP contribution in [0.3, 0.4) is 0 Å². The van der Waals surface area contributed by atoms with Crippen LogP contribution in [0.5, 0.6) is 5.75 Å². The summed E-state index contributed by atoms with van der Waals surface area (Å²) in [6.45, 7) is 4.30.